The summed E-state index contributed by atoms with van der Waals surface area (Å²) in [5.41, 5.74) is 3.86. The Morgan fingerprint density at radius 3 is 2.25 bits per heavy atom. The molecule has 5 heteroatoms. The number of nitrogens with zero attached hydrogens (tertiary/aromatic N) is 1. The van der Waals surface area contributed by atoms with Gasteiger partial charge in [0.05, 0.1) is 5.57 Å². The summed E-state index contributed by atoms with van der Waals surface area (Å²) in [5, 5.41) is 5.11. The third kappa shape index (κ3) is 2.87. The number of hydrogen-bond donors (Lipinski definition) is 1. The van der Waals surface area contributed by atoms with Crippen LogP contribution in [0.5, 0.6) is 0 Å². The Labute approximate surface area is 145 Å². The highest BCUT2D eigenvalue weighted by atomic mass is 32.1. The zero-order chi connectivity index (χ0) is 17.4. The van der Waals surface area contributed by atoms with Crippen molar-refractivity contribution in [2.45, 2.75) is 33.7 Å². The third-order valence-corrected chi connectivity index (χ3v) is 4.78. The molecule has 0 aliphatic carbocycles. The lowest BCUT2D eigenvalue weighted by Gasteiger charge is -2.19. The number of nitrogens with one attached hydrogen (secondary N) is 1. The van der Waals surface area contributed by atoms with Crippen LogP contribution in [-0.2, 0) is 9.59 Å². The predicted molar refractivity (Wildman–Crippen MR) is 97.8 cm³/mol. The first-order chi connectivity index (χ1) is 11.4. The zero-order valence-electron chi connectivity index (χ0n) is 14.2. The molecular formula is C19H20N2O2S. The van der Waals surface area contributed by atoms with Gasteiger partial charge in [-0.05, 0) is 62.4 Å². The standard InChI is InChI=1S/C19H20N2O2S/c1-11(2)21-18(22)16(15-6-5-7-24-15)17(19(21)23)20-14-9-12(3)8-13(4)10-14/h5-11,20H,1-4H3. The van der Waals surface area contributed by atoms with Gasteiger partial charge in [0.25, 0.3) is 11.8 Å². The summed E-state index contributed by atoms with van der Waals surface area (Å²) in [5.74, 6) is -0.498. The minimum atomic E-state index is -0.266. The molecule has 4 nitrogen and oxygen atoms in total. The molecule has 0 bridgehead atoms. The second-order valence-corrected chi connectivity index (χ2v) is 7.25. The van der Waals surface area contributed by atoms with E-state index < -0.39 is 0 Å². The van der Waals surface area contributed by atoms with Crippen LogP contribution in [0.1, 0.15) is 29.9 Å². The van der Waals surface area contributed by atoms with E-state index in [9.17, 15) is 9.59 Å². The SMILES string of the molecule is Cc1cc(C)cc(NC2=C(c3cccs3)C(=O)N(C(C)C)C2=O)c1. The maximum absolute atomic E-state index is 12.8. The van der Waals surface area contributed by atoms with Gasteiger partial charge in [-0.3, -0.25) is 14.5 Å². The van der Waals surface area contributed by atoms with Gasteiger partial charge in [0.2, 0.25) is 0 Å². The molecule has 0 spiro atoms. The first-order valence-corrected chi connectivity index (χ1v) is 8.78. The Hall–Kier alpha value is -2.40. The molecule has 2 aromatic rings. The summed E-state index contributed by atoms with van der Waals surface area (Å²) < 4.78 is 0. The Kier molecular flexibility index (Phi) is 4.28. The molecule has 0 unspecified atom stereocenters. The molecule has 1 aliphatic rings. The van der Waals surface area contributed by atoms with Gasteiger partial charge in [0, 0.05) is 16.6 Å². The molecule has 1 aromatic carbocycles. The van der Waals surface area contributed by atoms with Gasteiger partial charge >= 0.3 is 0 Å². The second kappa shape index (κ2) is 6.24. The highest BCUT2D eigenvalue weighted by Crippen LogP contribution is 2.34. The number of amides is 2. The molecule has 1 aromatic heterocycles. The molecule has 2 heterocycles. The molecule has 0 fully saturated rings. The Balaban J connectivity index is 2.09. The first-order valence-electron chi connectivity index (χ1n) is 7.90. The molecule has 0 radical (unpaired) electrons. The molecule has 3 rings (SSSR count). The number of carbonyl (C=O) groups excluding carboxylic acids is 2. The topological polar surface area (TPSA) is 49.4 Å². The maximum Gasteiger partial charge on any atom is 0.278 e. The van der Waals surface area contributed by atoms with Crippen LogP contribution in [0.25, 0.3) is 5.57 Å². The third-order valence-electron chi connectivity index (χ3n) is 3.89. The molecule has 2 amide bonds. The Morgan fingerprint density at radius 2 is 1.71 bits per heavy atom. The van der Waals surface area contributed by atoms with E-state index in [4.69, 9.17) is 0 Å². The summed E-state index contributed by atoms with van der Waals surface area (Å²) >= 11 is 1.46. The largest absolute Gasteiger partial charge is 0.350 e. The number of carbonyl (C=O) groups is 2. The van der Waals surface area contributed by atoms with Crippen molar-refractivity contribution in [3.8, 4) is 0 Å². The maximum atomic E-state index is 12.8. The molecule has 0 saturated carbocycles. The average Bonchev–Trinajstić information content (AvgIpc) is 3.05. The number of aryl methyl sites for hydroxylation is 2. The van der Waals surface area contributed by atoms with Crippen LogP contribution in [-0.4, -0.2) is 22.8 Å². The van der Waals surface area contributed by atoms with Gasteiger partial charge in [0.15, 0.2) is 0 Å². The van der Waals surface area contributed by atoms with E-state index in [2.05, 4.69) is 11.4 Å². The molecule has 124 valence electrons. The van der Waals surface area contributed by atoms with Crippen LogP contribution >= 0.6 is 11.3 Å². The first kappa shape index (κ1) is 16.5. The Morgan fingerprint density at radius 1 is 1.04 bits per heavy atom. The van der Waals surface area contributed by atoms with Crippen molar-refractivity contribution in [3.63, 3.8) is 0 Å². The fourth-order valence-corrected chi connectivity index (χ4v) is 3.74. The van der Waals surface area contributed by atoms with Gasteiger partial charge in [-0.2, -0.15) is 0 Å². The van der Waals surface area contributed by atoms with Gasteiger partial charge < -0.3 is 5.32 Å². The number of anilines is 1. The Bertz CT molecular complexity index is 815. The molecule has 24 heavy (non-hydrogen) atoms. The fraction of sp³-hybridized carbons (Fsp3) is 0.263. The smallest absolute Gasteiger partial charge is 0.278 e. The minimum absolute atomic E-state index is 0.182. The van der Waals surface area contributed by atoms with Crippen LogP contribution in [0.2, 0.25) is 0 Å². The van der Waals surface area contributed by atoms with E-state index in [0.29, 0.717) is 11.3 Å². The summed E-state index contributed by atoms with van der Waals surface area (Å²) in [7, 11) is 0. The van der Waals surface area contributed by atoms with E-state index in [1.54, 1.807) is 0 Å². The van der Waals surface area contributed by atoms with E-state index in [1.165, 1.54) is 16.2 Å². The van der Waals surface area contributed by atoms with E-state index in [-0.39, 0.29) is 17.9 Å². The van der Waals surface area contributed by atoms with Gasteiger partial charge in [-0.15, -0.1) is 11.3 Å². The normalized spacial score (nSPS) is 15.0. The van der Waals surface area contributed by atoms with Crippen molar-refractivity contribution in [2.75, 3.05) is 5.32 Å². The number of hydrogen-bond acceptors (Lipinski definition) is 4. The number of imide groups is 1. The molecular weight excluding hydrogens is 320 g/mol. The van der Waals surface area contributed by atoms with Crippen molar-refractivity contribution < 1.29 is 9.59 Å². The van der Waals surface area contributed by atoms with Gasteiger partial charge in [-0.1, -0.05) is 12.1 Å². The van der Waals surface area contributed by atoms with Crippen molar-refractivity contribution in [1.29, 1.82) is 0 Å². The number of benzene rings is 1. The predicted octanol–water partition coefficient (Wildman–Crippen LogP) is 3.97. The monoisotopic (exact) mass is 340 g/mol. The summed E-state index contributed by atoms with van der Waals surface area (Å²) in [6, 6.07) is 9.60. The van der Waals surface area contributed by atoms with E-state index in [0.717, 1.165) is 21.7 Å². The minimum Gasteiger partial charge on any atom is -0.350 e. The molecule has 0 saturated heterocycles. The molecule has 0 atom stereocenters. The van der Waals surface area contributed by atoms with Crippen LogP contribution in [0, 0.1) is 13.8 Å². The number of rotatable bonds is 4. The lowest BCUT2D eigenvalue weighted by Crippen LogP contribution is -2.38. The van der Waals surface area contributed by atoms with Gasteiger partial charge in [-0.25, -0.2) is 0 Å². The van der Waals surface area contributed by atoms with Crippen molar-refractivity contribution >= 4 is 34.4 Å². The molecule has 1 aliphatic heterocycles. The fourth-order valence-electron chi connectivity index (χ4n) is 2.97. The zero-order valence-corrected chi connectivity index (χ0v) is 15.0. The quantitative estimate of drug-likeness (QED) is 0.857. The van der Waals surface area contributed by atoms with E-state index in [1.807, 2.05) is 57.3 Å². The van der Waals surface area contributed by atoms with Crippen LogP contribution < -0.4 is 5.32 Å². The lowest BCUT2D eigenvalue weighted by molar-refractivity contribution is -0.138. The van der Waals surface area contributed by atoms with Crippen LogP contribution in [0.15, 0.2) is 41.4 Å². The van der Waals surface area contributed by atoms with Crippen molar-refractivity contribution in [3.05, 3.63) is 57.4 Å². The average molecular weight is 340 g/mol. The van der Waals surface area contributed by atoms with Gasteiger partial charge in [0.1, 0.15) is 5.70 Å². The summed E-state index contributed by atoms with van der Waals surface area (Å²) in [6.45, 7) is 7.72. The van der Waals surface area contributed by atoms with Crippen molar-refractivity contribution in [1.82, 2.24) is 4.90 Å². The second-order valence-electron chi connectivity index (χ2n) is 6.30. The van der Waals surface area contributed by atoms with Crippen molar-refractivity contribution in [2.24, 2.45) is 0 Å². The number of thiophene rings is 1. The summed E-state index contributed by atoms with van der Waals surface area (Å²) in [6.07, 6.45) is 0. The van der Waals surface area contributed by atoms with E-state index >= 15 is 0 Å². The van der Waals surface area contributed by atoms with Crippen LogP contribution in [0.3, 0.4) is 0 Å². The summed E-state index contributed by atoms with van der Waals surface area (Å²) in [4.78, 5) is 27.8. The van der Waals surface area contributed by atoms with Crippen LogP contribution in [0.4, 0.5) is 5.69 Å². The lowest BCUT2D eigenvalue weighted by atomic mass is 10.1. The highest BCUT2D eigenvalue weighted by molar-refractivity contribution is 7.11. The molecule has 1 N–H and O–H groups in total. The highest BCUT2D eigenvalue weighted by Gasteiger charge is 2.40.